The number of halogens is 4. The van der Waals surface area contributed by atoms with Crippen LogP contribution in [0, 0.1) is 0 Å². The fourth-order valence-electron chi connectivity index (χ4n) is 12.7. The number of aromatic nitrogens is 8. The molecule has 0 saturated carbocycles. The first kappa shape index (κ1) is 78.2. The van der Waals surface area contributed by atoms with Gasteiger partial charge in [-0.1, -0.05) is 70.7 Å². The van der Waals surface area contributed by atoms with Crippen molar-refractivity contribution in [3.05, 3.63) is 185 Å². The number of urea groups is 4. The molecule has 3 fully saturated rings. The second-order valence-electron chi connectivity index (χ2n) is 26.2. The number of benzene rings is 4. The molecule has 0 aliphatic carbocycles. The Morgan fingerprint density at radius 3 is 1.28 bits per heavy atom. The van der Waals surface area contributed by atoms with E-state index in [-0.39, 0.29) is 103 Å². The van der Waals surface area contributed by atoms with Crippen LogP contribution in [0.15, 0.2) is 97.1 Å². The fraction of sp³-hybridized carbons (Fsp3) is 0.380. The summed E-state index contributed by atoms with van der Waals surface area (Å²) in [4.78, 5) is 129. The van der Waals surface area contributed by atoms with Crippen LogP contribution in [-0.4, -0.2) is 234 Å². The van der Waals surface area contributed by atoms with E-state index in [2.05, 4.69) is 67.4 Å². The van der Waals surface area contributed by atoms with Crippen LogP contribution in [0.25, 0.3) is 0 Å². The average Bonchev–Trinajstić information content (AvgIpc) is 1.64. The molecule has 0 bridgehead atoms. The summed E-state index contributed by atoms with van der Waals surface area (Å²) in [5.41, 5.74) is 9.97. The summed E-state index contributed by atoms with van der Waals surface area (Å²) >= 11 is 23.9. The summed E-state index contributed by atoms with van der Waals surface area (Å²) in [6.45, 7) is 8.29. The van der Waals surface area contributed by atoms with Gasteiger partial charge >= 0.3 is 24.1 Å². The molecule has 9 N–H and O–H groups in total. The van der Waals surface area contributed by atoms with Crippen molar-refractivity contribution in [2.45, 2.75) is 89.9 Å². The molecule has 0 spiro atoms. The Bertz CT molecular complexity index is 4640. The zero-order valence-electron chi connectivity index (χ0n) is 60.1. The van der Waals surface area contributed by atoms with Crippen LogP contribution in [-0.2, 0) is 75.9 Å². The predicted octanol–water partition coefficient (Wildman–Crippen LogP) is 9.18. The van der Waals surface area contributed by atoms with E-state index in [0.29, 0.717) is 151 Å². The lowest BCUT2D eigenvalue weighted by Gasteiger charge is -2.33. The third-order valence-electron chi connectivity index (χ3n) is 18.7. The molecule has 576 valence electrons. The zero-order chi connectivity index (χ0) is 77.0. The Balaban J connectivity index is 0.000000136. The molecule has 12 amide bonds. The van der Waals surface area contributed by atoms with E-state index in [9.17, 15) is 38.4 Å². The van der Waals surface area contributed by atoms with Gasteiger partial charge in [-0.2, -0.15) is 20.4 Å². The number of ether oxygens (including phenoxy) is 1. The number of nitrogens with zero attached hydrogens (tertiary/aromatic N) is 12. The van der Waals surface area contributed by atoms with Crippen molar-refractivity contribution in [3.8, 4) is 0 Å². The van der Waals surface area contributed by atoms with Gasteiger partial charge in [0.1, 0.15) is 12.2 Å². The molecule has 38 heteroatoms. The van der Waals surface area contributed by atoms with E-state index in [1.807, 2.05) is 6.92 Å². The van der Waals surface area contributed by atoms with Gasteiger partial charge in [0.05, 0.1) is 53.0 Å². The highest BCUT2D eigenvalue weighted by molar-refractivity contribution is 6.32. The van der Waals surface area contributed by atoms with Gasteiger partial charge in [0, 0.05) is 186 Å². The van der Waals surface area contributed by atoms with Crippen molar-refractivity contribution in [2.75, 3.05) is 109 Å². The standard InChI is InChI=1S/C19H22ClN5O4.C18H21ClN6O3.C17H18ClN5O3.C17H20ClN5O3/c1-24(29-14-6-8-28-11-14)18(26)17-15-10-25(7-5-16(15)22-23-17)19(27)21-13-4-2-3-12(20)9-13;1-24(28-13-8-20-9-13)17(26)16-14-10-25(6-5-15(14)22-23-16)18(27)21-12-4-2-3-11(19)7-12;18-11-3-1-4-12(9-11)19-17(25)22-7-5-14-13(10-22)15(21-20-14)16(24)23-6-2-8-26-23;1-10-7-14-13(15(21-20-14)16(24)22(2)26-3)9-23(10)17(25)19-12-6-4-5-11(18)8-12/h2-4,9,14H,5-8,10-11H2,1H3,(H,21,27)(H,22,23);2-4,7,13,20H,5-6,8-10H2,1H3,(H,21,27)(H,22,23);1,3-4,9H,2,5-8,10H2,(H,19,25)(H,20,21);4-6,8,10H,7,9H2,1-3H3,(H,19,25)(H,20,21). The smallest absolute Gasteiger partial charge is 0.322 e. The number of hydrogen-bond donors (Lipinski definition) is 9. The van der Waals surface area contributed by atoms with Crippen molar-refractivity contribution < 1.29 is 62.4 Å². The molecule has 7 aliphatic rings. The first-order valence-electron chi connectivity index (χ1n) is 35.0. The van der Waals surface area contributed by atoms with E-state index < -0.39 is 0 Å². The van der Waals surface area contributed by atoms with Crippen molar-refractivity contribution in [3.63, 3.8) is 0 Å². The van der Waals surface area contributed by atoms with Gasteiger partial charge < -0.3 is 50.9 Å². The minimum atomic E-state index is -0.366. The molecule has 34 nitrogen and oxygen atoms in total. The van der Waals surface area contributed by atoms with Crippen LogP contribution in [0.5, 0.6) is 0 Å². The number of fused-ring (bicyclic) bond motifs is 4. The van der Waals surface area contributed by atoms with Gasteiger partial charge in [-0.25, -0.2) is 39.4 Å². The molecule has 0 radical (unpaired) electrons. The largest absolute Gasteiger partial charge is 0.379 e. The second-order valence-corrected chi connectivity index (χ2v) is 28.0. The van der Waals surface area contributed by atoms with Crippen LogP contribution in [0.1, 0.15) is 107 Å². The van der Waals surface area contributed by atoms with Crippen molar-refractivity contribution >= 4 is 117 Å². The van der Waals surface area contributed by atoms with E-state index in [0.717, 1.165) is 51.8 Å². The lowest BCUT2D eigenvalue weighted by atomic mass is 9.99. The van der Waals surface area contributed by atoms with Crippen LogP contribution < -0.4 is 26.6 Å². The number of carbonyl (C=O) groups excluding carboxylic acids is 8. The number of hydrogen-bond acceptors (Lipinski definition) is 18. The Morgan fingerprint density at radius 1 is 0.495 bits per heavy atom. The quantitative estimate of drug-likeness (QED) is 0.0485. The molecule has 2 unspecified atom stereocenters. The van der Waals surface area contributed by atoms with Gasteiger partial charge in [0.15, 0.2) is 22.8 Å². The first-order valence-corrected chi connectivity index (χ1v) is 36.5. The maximum atomic E-state index is 12.8. The molecule has 4 aromatic heterocycles. The Kier molecular flexibility index (Phi) is 25.6. The van der Waals surface area contributed by atoms with Crippen molar-refractivity contribution in [1.29, 1.82) is 0 Å². The van der Waals surface area contributed by atoms with Crippen molar-refractivity contribution in [2.24, 2.45) is 0 Å². The van der Waals surface area contributed by atoms with E-state index >= 15 is 0 Å². The summed E-state index contributed by atoms with van der Waals surface area (Å²) in [5, 5.41) is 49.7. The normalized spacial score (nSPS) is 16.9. The molecule has 11 heterocycles. The summed E-state index contributed by atoms with van der Waals surface area (Å²) in [5.74, 6) is -1.32. The lowest BCUT2D eigenvalue weighted by Crippen LogP contribution is -2.51. The molecule has 2 atom stereocenters. The Morgan fingerprint density at radius 2 is 0.890 bits per heavy atom. The summed E-state index contributed by atoms with van der Waals surface area (Å²) < 4.78 is 5.27. The van der Waals surface area contributed by atoms with E-state index in [1.54, 1.807) is 131 Å². The number of aromatic amines is 4. The number of rotatable bonds is 13. The highest BCUT2D eigenvalue weighted by atomic mass is 35.5. The van der Waals surface area contributed by atoms with E-state index in [4.69, 9.17) is 70.5 Å². The fourth-order valence-corrected chi connectivity index (χ4v) is 13.4. The molecule has 15 rings (SSSR count). The number of hydroxylamine groups is 8. The molecule has 8 aromatic rings. The van der Waals surface area contributed by atoms with Crippen molar-refractivity contribution in [1.82, 2.24) is 86.0 Å². The van der Waals surface area contributed by atoms with Crippen LogP contribution in [0.2, 0.25) is 20.1 Å². The third kappa shape index (κ3) is 19.4. The molecule has 4 aromatic carbocycles. The highest BCUT2D eigenvalue weighted by Gasteiger charge is 2.37. The number of carbonyl (C=O) groups is 8. The molecule has 109 heavy (non-hydrogen) atoms. The maximum Gasteiger partial charge on any atom is 0.322 e. The molecular formula is C71H81Cl4N21O13. The first-order chi connectivity index (χ1) is 52.5. The lowest BCUT2D eigenvalue weighted by molar-refractivity contribution is -0.161. The number of H-pyrrole nitrogens is 4. The zero-order valence-corrected chi connectivity index (χ0v) is 63.1. The minimum Gasteiger partial charge on any atom is -0.379 e. The van der Waals surface area contributed by atoms with Gasteiger partial charge in [-0.05, 0) is 86.1 Å². The van der Waals surface area contributed by atoms with Crippen LogP contribution >= 0.6 is 46.4 Å². The maximum absolute atomic E-state index is 12.8. The van der Waals surface area contributed by atoms with Gasteiger partial charge in [-0.15, -0.1) is 0 Å². The van der Waals surface area contributed by atoms with Gasteiger partial charge in [0.2, 0.25) is 0 Å². The number of amides is 12. The molecule has 3 saturated heterocycles. The summed E-state index contributed by atoms with van der Waals surface area (Å²) in [6.07, 6.45) is 3.77. The molecule has 7 aliphatic heterocycles. The number of anilines is 4. The van der Waals surface area contributed by atoms with Crippen LogP contribution in [0.4, 0.5) is 41.9 Å². The second kappa shape index (κ2) is 35.8. The summed E-state index contributed by atoms with van der Waals surface area (Å²) in [7, 11) is 6.06. The third-order valence-corrected chi connectivity index (χ3v) is 19.6. The topological polar surface area (TPSA) is 384 Å². The monoisotopic (exact) mass is 1580 g/mol. The predicted molar refractivity (Wildman–Crippen MR) is 400 cm³/mol. The number of nitrogens with one attached hydrogen (secondary N) is 9. The Hall–Kier alpha value is -10.4. The average molecular weight is 1580 g/mol. The molecular weight excluding hydrogens is 1500 g/mol. The Labute approximate surface area is 645 Å². The van der Waals surface area contributed by atoms with Gasteiger partial charge in [-0.3, -0.25) is 58.9 Å². The van der Waals surface area contributed by atoms with Crippen LogP contribution in [0.3, 0.4) is 0 Å². The SMILES string of the molecule is CN(OC1CCOC1)C(=O)c1n[nH]c2c1CN(C(=O)Nc1cccc(Cl)c1)CC2.CN(OC1CNC1)C(=O)c1n[nH]c2c1CN(C(=O)Nc1cccc(Cl)c1)CC2.CON(C)C(=O)c1n[nH]c2c1CN(C(=O)Nc1cccc(Cl)c1)C(C)C2.O=C(Nc1cccc(Cl)c1)N1CCc2[nH]nc(C(=O)N3CCCO3)c2C1. The van der Waals surface area contributed by atoms with Gasteiger partial charge in [0.25, 0.3) is 23.6 Å². The minimum absolute atomic E-state index is 0.0105. The van der Waals surface area contributed by atoms with E-state index in [1.165, 1.54) is 29.3 Å². The highest BCUT2D eigenvalue weighted by Crippen LogP contribution is 2.31. The summed E-state index contributed by atoms with van der Waals surface area (Å²) in [6, 6.07) is 26.8.